The number of hydrogen-bond acceptors (Lipinski definition) is 2. The number of carbonyl (C=O) groups excluding carboxylic acids is 1. The molecule has 0 spiro atoms. The fourth-order valence-corrected chi connectivity index (χ4v) is 3.29. The third kappa shape index (κ3) is 3.72. The van der Waals surface area contributed by atoms with Crippen LogP contribution >= 0.6 is 15.9 Å². The lowest BCUT2D eigenvalue weighted by Crippen LogP contribution is -2.32. The van der Waals surface area contributed by atoms with Gasteiger partial charge in [0.2, 0.25) is 5.91 Å². The number of benzene rings is 1. The molecule has 1 aliphatic rings. The summed E-state index contributed by atoms with van der Waals surface area (Å²) in [5.74, 6) is 0.395. The Bertz CT molecular complexity index is 424. The molecule has 0 unspecified atom stereocenters. The third-order valence-corrected chi connectivity index (χ3v) is 5.07. The lowest BCUT2D eigenvalue weighted by atomic mass is 9.76. The van der Waals surface area contributed by atoms with Crippen molar-refractivity contribution in [1.29, 1.82) is 0 Å². The molecule has 2 rings (SSSR count). The van der Waals surface area contributed by atoms with E-state index < -0.39 is 5.91 Å². The monoisotopic (exact) mass is 325 g/mol. The van der Waals surface area contributed by atoms with Crippen molar-refractivity contribution < 1.29 is 9.53 Å². The van der Waals surface area contributed by atoms with Gasteiger partial charge in [-0.1, -0.05) is 35.2 Å². The molecule has 4 heteroatoms. The van der Waals surface area contributed by atoms with Gasteiger partial charge in [0.1, 0.15) is 5.75 Å². The van der Waals surface area contributed by atoms with Crippen LogP contribution in [0.15, 0.2) is 24.3 Å². The van der Waals surface area contributed by atoms with Crippen LogP contribution < -0.4 is 10.5 Å². The first-order valence-corrected chi connectivity index (χ1v) is 7.86. The van der Waals surface area contributed by atoms with Crippen LogP contribution in [-0.4, -0.2) is 17.8 Å². The standard InChI is InChI=1S/C15H20BrNO2/c16-10-15(8-2-1-3-9-15)11-19-13-6-4-12(5-7-13)14(17)18/h4-7H,1-3,8-11H2,(H2,17,18). The molecule has 0 radical (unpaired) electrons. The summed E-state index contributed by atoms with van der Waals surface area (Å²) in [6.45, 7) is 0.730. The Morgan fingerprint density at radius 3 is 2.37 bits per heavy atom. The molecule has 1 aromatic carbocycles. The smallest absolute Gasteiger partial charge is 0.248 e. The average Bonchev–Trinajstić information content (AvgIpc) is 2.46. The molecule has 0 atom stereocenters. The maximum atomic E-state index is 11.0. The van der Waals surface area contributed by atoms with E-state index in [9.17, 15) is 4.79 Å². The minimum atomic E-state index is -0.407. The molecule has 19 heavy (non-hydrogen) atoms. The number of ether oxygens (including phenoxy) is 1. The molecule has 1 fully saturated rings. The van der Waals surface area contributed by atoms with Crippen LogP contribution in [0.3, 0.4) is 0 Å². The van der Waals surface area contributed by atoms with Gasteiger partial charge in [-0.2, -0.15) is 0 Å². The van der Waals surface area contributed by atoms with Gasteiger partial charge in [0.25, 0.3) is 0 Å². The largest absolute Gasteiger partial charge is 0.493 e. The summed E-state index contributed by atoms with van der Waals surface area (Å²) in [7, 11) is 0. The Balaban J connectivity index is 1.95. The number of alkyl halides is 1. The minimum absolute atomic E-state index is 0.264. The van der Waals surface area contributed by atoms with Crippen LogP contribution in [0.4, 0.5) is 0 Å². The quantitative estimate of drug-likeness (QED) is 0.842. The SMILES string of the molecule is NC(=O)c1ccc(OCC2(CBr)CCCCC2)cc1. The van der Waals surface area contributed by atoms with Gasteiger partial charge in [-0.15, -0.1) is 0 Å². The zero-order valence-electron chi connectivity index (χ0n) is 11.0. The predicted octanol–water partition coefficient (Wildman–Crippen LogP) is 3.51. The summed E-state index contributed by atoms with van der Waals surface area (Å²) in [4.78, 5) is 11.0. The van der Waals surface area contributed by atoms with Crippen molar-refractivity contribution in [2.24, 2.45) is 11.1 Å². The molecule has 3 nitrogen and oxygen atoms in total. The van der Waals surface area contributed by atoms with E-state index in [0.717, 1.165) is 17.7 Å². The maximum Gasteiger partial charge on any atom is 0.248 e. The van der Waals surface area contributed by atoms with E-state index in [1.54, 1.807) is 12.1 Å². The van der Waals surface area contributed by atoms with Crippen molar-refractivity contribution in [2.45, 2.75) is 32.1 Å². The Kier molecular flexibility index (Phi) is 4.86. The molecular formula is C15H20BrNO2. The van der Waals surface area contributed by atoms with Gasteiger partial charge in [-0.25, -0.2) is 0 Å². The fraction of sp³-hybridized carbons (Fsp3) is 0.533. The summed E-state index contributed by atoms with van der Waals surface area (Å²) in [6, 6.07) is 7.04. The van der Waals surface area contributed by atoms with E-state index in [2.05, 4.69) is 15.9 Å². The highest BCUT2D eigenvalue weighted by molar-refractivity contribution is 9.09. The number of hydrogen-bond donors (Lipinski definition) is 1. The van der Waals surface area contributed by atoms with Crippen LogP contribution in [0.25, 0.3) is 0 Å². The topological polar surface area (TPSA) is 52.3 Å². The lowest BCUT2D eigenvalue weighted by Gasteiger charge is -2.35. The number of rotatable bonds is 5. The summed E-state index contributed by atoms with van der Waals surface area (Å²) in [5, 5.41) is 0.985. The zero-order valence-corrected chi connectivity index (χ0v) is 12.6. The second-order valence-corrected chi connectivity index (χ2v) is 5.93. The van der Waals surface area contributed by atoms with Crippen molar-refractivity contribution >= 4 is 21.8 Å². The molecule has 0 bridgehead atoms. The van der Waals surface area contributed by atoms with Gasteiger partial charge in [0, 0.05) is 16.3 Å². The lowest BCUT2D eigenvalue weighted by molar-refractivity contribution is 0.1000. The second-order valence-electron chi connectivity index (χ2n) is 5.37. The van der Waals surface area contributed by atoms with Gasteiger partial charge in [0.15, 0.2) is 0 Å². The van der Waals surface area contributed by atoms with E-state index in [0.29, 0.717) is 5.56 Å². The first kappa shape index (κ1) is 14.4. The minimum Gasteiger partial charge on any atom is -0.493 e. The van der Waals surface area contributed by atoms with Crippen LogP contribution in [0.2, 0.25) is 0 Å². The molecular weight excluding hydrogens is 306 g/mol. The molecule has 1 amide bonds. The molecule has 104 valence electrons. The second kappa shape index (κ2) is 6.42. The fourth-order valence-electron chi connectivity index (χ4n) is 2.57. The molecule has 0 aliphatic heterocycles. The molecule has 1 aromatic rings. The first-order valence-electron chi connectivity index (χ1n) is 6.74. The predicted molar refractivity (Wildman–Crippen MR) is 79.8 cm³/mol. The van der Waals surface area contributed by atoms with E-state index in [4.69, 9.17) is 10.5 Å². The van der Waals surface area contributed by atoms with Crippen molar-refractivity contribution in [2.75, 3.05) is 11.9 Å². The third-order valence-electron chi connectivity index (χ3n) is 3.88. The summed E-state index contributed by atoms with van der Waals surface area (Å²) in [6.07, 6.45) is 6.35. The normalized spacial score (nSPS) is 17.9. The van der Waals surface area contributed by atoms with Crippen LogP contribution in [0.5, 0.6) is 5.75 Å². The molecule has 0 heterocycles. The zero-order chi connectivity index (χ0) is 13.7. The molecule has 1 saturated carbocycles. The number of amides is 1. The van der Waals surface area contributed by atoms with Gasteiger partial charge in [-0.05, 0) is 37.1 Å². The Hall–Kier alpha value is -1.03. The van der Waals surface area contributed by atoms with Gasteiger partial charge >= 0.3 is 0 Å². The van der Waals surface area contributed by atoms with Crippen molar-refractivity contribution in [3.05, 3.63) is 29.8 Å². The Morgan fingerprint density at radius 1 is 1.21 bits per heavy atom. The van der Waals surface area contributed by atoms with E-state index in [1.807, 2.05) is 12.1 Å². The van der Waals surface area contributed by atoms with Crippen LogP contribution in [0.1, 0.15) is 42.5 Å². The molecule has 1 aliphatic carbocycles. The highest BCUT2D eigenvalue weighted by Crippen LogP contribution is 2.38. The van der Waals surface area contributed by atoms with Crippen LogP contribution in [-0.2, 0) is 0 Å². The van der Waals surface area contributed by atoms with Crippen molar-refractivity contribution in [3.63, 3.8) is 0 Å². The van der Waals surface area contributed by atoms with E-state index in [-0.39, 0.29) is 5.41 Å². The van der Waals surface area contributed by atoms with Gasteiger partial charge < -0.3 is 10.5 Å². The number of halogens is 1. The Labute approximate surface area is 122 Å². The number of nitrogens with two attached hydrogens (primary N) is 1. The summed E-state index contributed by atoms with van der Waals surface area (Å²) in [5.41, 5.74) is 5.99. The van der Waals surface area contributed by atoms with E-state index >= 15 is 0 Å². The molecule has 2 N–H and O–H groups in total. The maximum absolute atomic E-state index is 11.0. The first-order chi connectivity index (χ1) is 9.15. The van der Waals surface area contributed by atoms with Gasteiger partial charge in [-0.3, -0.25) is 4.79 Å². The van der Waals surface area contributed by atoms with Gasteiger partial charge in [0.05, 0.1) is 6.61 Å². The number of primary amides is 1. The van der Waals surface area contributed by atoms with Crippen LogP contribution in [0, 0.1) is 5.41 Å². The summed E-state index contributed by atoms with van der Waals surface area (Å²) >= 11 is 3.63. The van der Waals surface area contributed by atoms with Crippen molar-refractivity contribution in [1.82, 2.24) is 0 Å². The average molecular weight is 326 g/mol. The highest BCUT2D eigenvalue weighted by Gasteiger charge is 2.31. The number of carbonyl (C=O) groups is 1. The Morgan fingerprint density at radius 2 is 1.84 bits per heavy atom. The highest BCUT2D eigenvalue weighted by atomic mass is 79.9. The van der Waals surface area contributed by atoms with E-state index in [1.165, 1.54) is 32.1 Å². The molecule has 0 aromatic heterocycles. The van der Waals surface area contributed by atoms with Crippen molar-refractivity contribution in [3.8, 4) is 5.75 Å². The summed E-state index contributed by atoms with van der Waals surface area (Å²) < 4.78 is 5.89. The molecule has 0 saturated heterocycles.